The maximum Gasteiger partial charge on any atom is 0.332 e. The minimum absolute atomic E-state index is 0.160. The number of aliphatic hydroxyl groups is 1. The Hall–Kier alpha value is -1.92. The smallest absolute Gasteiger partial charge is 0.332 e. The van der Waals surface area contributed by atoms with E-state index in [2.05, 4.69) is 10.1 Å². The van der Waals surface area contributed by atoms with Gasteiger partial charge in [0.05, 0.1) is 13.2 Å². The van der Waals surface area contributed by atoms with Crippen molar-refractivity contribution in [1.29, 1.82) is 0 Å². The fraction of sp³-hybridized carbons (Fsp3) is 0.333. The van der Waals surface area contributed by atoms with E-state index < -0.39 is 17.9 Å². The molecule has 0 spiro atoms. The molecule has 1 unspecified atom stereocenters. The van der Waals surface area contributed by atoms with Gasteiger partial charge in [-0.25, -0.2) is 4.79 Å². The lowest BCUT2D eigenvalue weighted by atomic mass is 10.2. The fourth-order valence-electron chi connectivity index (χ4n) is 1.33. The maximum atomic E-state index is 11.7. The lowest BCUT2D eigenvalue weighted by molar-refractivity contribution is -0.146. The second-order valence-electron chi connectivity index (χ2n) is 3.53. The number of amides is 1. The van der Waals surface area contributed by atoms with Gasteiger partial charge in [0.15, 0.2) is 6.04 Å². The summed E-state index contributed by atoms with van der Waals surface area (Å²) < 4.78 is 4.64. The molecule has 0 aliphatic rings. The van der Waals surface area contributed by atoms with Crippen LogP contribution >= 0.6 is 0 Å². The van der Waals surface area contributed by atoms with Gasteiger partial charge >= 0.3 is 5.97 Å². The Morgan fingerprint density at radius 1 is 1.44 bits per heavy atom. The molecule has 0 aromatic heterocycles. The summed E-state index contributed by atoms with van der Waals surface area (Å²) >= 11 is 0. The molecule has 0 aliphatic heterocycles. The molecule has 1 amide bonds. The number of esters is 1. The minimum atomic E-state index is -1.38. The largest absolute Gasteiger partial charge is 0.464 e. The maximum absolute atomic E-state index is 11.7. The Bertz CT molecular complexity index is 434. The molecule has 1 atom stereocenters. The van der Waals surface area contributed by atoms with E-state index in [-0.39, 0.29) is 13.2 Å². The van der Waals surface area contributed by atoms with Crippen molar-refractivity contribution in [1.82, 2.24) is 0 Å². The topological polar surface area (TPSA) is 102 Å². The van der Waals surface area contributed by atoms with E-state index in [9.17, 15) is 9.59 Å². The highest BCUT2D eigenvalue weighted by molar-refractivity contribution is 6.08. The molecule has 0 bridgehead atoms. The van der Waals surface area contributed by atoms with Crippen molar-refractivity contribution < 1.29 is 19.4 Å². The van der Waals surface area contributed by atoms with Crippen LogP contribution in [-0.4, -0.2) is 29.6 Å². The van der Waals surface area contributed by atoms with E-state index in [1.54, 1.807) is 31.2 Å². The van der Waals surface area contributed by atoms with Gasteiger partial charge < -0.3 is 20.9 Å². The number of para-hydroxylation sites is 1. The van der Waals surface area contributed by atoms with Gasteiger partial charge in [-0.3, -0.25) is 4.79 Å². The Labute approximate surface area is 105 Å². The summed E-state index contributed by atoms with van der Waals surface area (Å²) in [6, 6.07) is 5.32. The highest BCUT2D eigenvalue weighted by atomic mass is 16.5. The molecule has 98 valence electrons. The van der Waals surface area contributed by atoms with Crippen molar-refractivity contribution in [3.05, 3.63) is 29.8 Å². The van der Waals surface area contributed by atoms with Crippen LogP contribution in [0.1, 0.15) is 12.5 Å². The van der Waals surface area contributed by atoms with E-state index in [1.165, 1.54) is 0 Å². The highest BCUT2D eigenvalue weighted by Gasteiger charge is 2.23. The van der Waals surface area contributed by atoms with Gasteiger partial charge in [-0.1, -0.05) is 18.2 Å². The number of ether oxygens (including phenoxy) is 1. The molecule has 18 heavy (non-hydrogen) atoms. The van der Waals surface area contributed by atoms with Crippen molar-refractivity contribution in [2.75, 3.05) is 11.9 Å². The summed E-state index contributed by atoms with van der Waals surface area (Å²) in [4.78, 5) is 23.0. The average Bonchev–Trinajstić information content (AvgIpc) is 2.38. The first kappa shape index (κ1) is 14.1. The van der Waals surface area contributed by atoms with Crippen LogP contribution in [0.15, 0.2) is 24.3 Å². The lowest BCUT2D eigenvalue weighted by Gasteiger charge is -2.13. The van der Waals surface area contributed by atoms with E-state index in [1.807, 2.05) is 0 Å². The van der Waals surface area contributed by atoms with E-state index in [0.717, 1.165) is 0 Å². The molecule has 0 heterocycles. The monoisotopic (exact) mass is 252 g/mol. The molecule has 0 radical (unpaired) electrons. The summed E-state index contributed by atoms with van der Waals surface area (Å²) in [6.07, 6.45) is 0. The van der Waals surface area contributed by atoms with E-state index in [0.29, 0.717) is 11.3 Å². The fourth-order valence-corrected chi connectivity index (χ4v) is 1.33. The standard InChI is InChI=1S/C12H16N2O4/c1-2-18-12(17)10(13)11(16)14-9-6-4-3-5-8(9)7-15/h3-6,10,15H,2,7,13H2,1H3,(H,14,16). The number of nitrogens with one attached hydrogen (secondary N) is 1. The van der Waals surface area contributed by atoms with Gasteiger partial charge in [-0.05, 0) is 13.0 Å². The first-order valence-electron chi connectivity index (χ1n) is 5.52. The lowest BCUT2D eigenvalue weighted by Crippen LogP contribution is -2.43. The summed E-state index contributed by atoms with van der Waals surface area (Å²) in [5, 5.41) is 11.6. The Morgan fingerprint density at radius 2 is 2.11 bits per heavy atom. The number of aliphatic hydroxyl groups excluding tert-OH is 1. The van der Waals surface area contributed by atoms with Crippen LogP contribution in [0.3, 0.4) is 0 Å². The van der Waals surface area contributed by atoms with Crippen molar-refractivity contribution in [3.63, 3.8) is 0 Å². The van der Waals surface area contributed by atoms with Crippen molar-refractivity contribution >= 4 is 17.6 Å². The molecule has 1 rings (SSSR count). The molecule has 1 aromatic carbocycles. The van der Waals surface area contributed by atoms with Crippen LogP contribution in [0.5, 0.6) is 0 Å². The quantitative estimate of drug-likeness (QED) is 0.506. The second-order valence-corrected chi connectivity index (χ2v) is 3.53. The molecule has 0 saturated carbocycles. The predicted octanol–water partition coefficient (Wildman–Crippen LogP) is 0.00780. The molecule has 1 aromatic rings. The summed E-state index contributed by atoms with van der Waals surface area (Å²) in [5.74, 6) is -1.45. The zero-order chi connectivity index (χ0) is 13.5. The zero-order valence-corrected chi connectivity index (χ0v) is 10.1. The Morgan fingerprint density at radius 3 is 2.72 bits per heavy atom. The SMILES string of the molecule is CCOC(=O)C(N)C(=O)Nc1ccccc1CO. The Kier molecular flexibility index (Phi) is 5.29. The van der Waals surface area contributed by atoms with Gasteiger partial charge in [-0.15, -0.1) is 0 Å². The van der Waals surface area contributed by atoms with Crippen LogP contribution in [0.2, 0.25) is 0 Å². The molecule has 4 N–H and O–H groups in total. The minimum Gasteiger partial charge on any atom is -0.464 e. The Balaban J connectivity index is 2.72. The molecular formula is C12H16N2O4. The number of carbonyl (C=O) groups excluding carboxylic acids is 2. The van der Waals surface area contributed by atoms with Crippen molar-refractivity contribution in [2.45, 2.75) is 19.6 Å². The van der Waals surface area contributed by atoms with Crippen LogP contribution < -0.4 is 11.1 Å². The van der Waals surface area contributed by atoms with E-state index >= 15 is 0 Å². The molecule has 0 saturated heterocycles. The van der Waals surface area contributed by atoms with Gasteiger partial charge in [0.25, 0.3) is 5.91 Å². The van der Waals surface area contributed by atoms with Crippen molar-refractivity contribution in [2.24, 2.45) is 5.73 Å². The van der Waals surface area contributed by atoms with Crippen LogP contribution in [0, 0.1) is 0 Å². The summed E-state index contributed by atoms with van der Waals surface area (Å²) in [7, 11) is 0. The number of anilines is 1. The van der Waals surface area contributed by atoms with Crippen LogP contribution in [-0.2, 0) is 20.9 Å². The summed E-state index contributed by atoms with van der Waals surface area (Å²) in [6.45, 7) is 1.57. The highest BCUT2D eigenvalue weighted by Crippen LogP contribution is 2.14. The number of hydrogen-bond donors (Lipinski definition) is 3. The first-order chi connectivity index (χ1) is 8.60. The predicted molar refractivity (Wildman–Crippen MR) is 65.6 cm³/mol. The first-order valence-corrected chi connectivity index (χ1v) is 5.52. The third kappa shape index (κ3) is 3.54. The molecule has 0 aliphatic carbocycles. The van der Waals surface area contributed by atoms with E-state index in [4.69, 9.17) is 10.8 Å². The average molecular weight is 252 g/mol. The van der Waals surface area contributed by atoms with Gasteiger partial charge in [-0.2, -0.15) is 0 Å². The third-order valence-corrected chi connectivity index (χ3v) is 2.27. The van der Waals surface area contributed by atoms with Crippen LogP contribution in [0.4, 0.5) is 5.69 Å². The normalized spacial score (nSPS) is 11.7. The molecular weight excluding hydrogens is 236 g/mol. The zero-order valence-electron chi connectivity index (χ0n) is 10.1. The number of carbonyl (C=O) groups is 2. The molecule has 6 nitrogen and oxygen atoms in total. The van der Waals surface area contributed by atoms with Gasteiger partial charge in [0.2, 0.25) is 0 Å². The summed E-state index contributed by atoms with van der Waals surface area (Å²) in [5.41, 5.74) is 6.40. The number of nitrogens with two attached hydrogens (primary N) is 1. The number of benzene rings is 1. The number of hydrogen-bond acceptors (Lipinski definition) is 5. The van der Waals surface area contributed by atoms with Crippen LogP contribution in [0.25, 0.3) is 0 Å². The molecule has 0 fully saturated rings. The molecule has 6 heteroatoms. The van der Waals surface area contributed by atoms with Crippen molar-refractivity contribution in [3.8, 4) is 0 Å². The third-order valence-electron chi connectivity index (χ3n) is 2.27. The second kappa shape index (κ2) is 6.73. The van der Waals surface area contributed by atoms with Gasteiger partial charge in [0.1, 0.15) is 0 Å². The van der Waals surface area contributed by atoms with Gasteiger partial charge in [0, 0.05) is 11.3 Å². The number of rotatable bonds is 5.